The number of amides is 1. The summed E-state index contributed by atoms with van der Waals surface area (Å²) in [5.41, 5.74) is 1.93. The summed E-state index contributed by atoms with van der Waals surface area (Å²) in [7, 11) is 0. The van der Waals surface area contributed by atoms with Gasteiger partial charge in [0.05, 0.1) is 0 Å². The van der Waals surface area contributed by atoms with Crippen molar-refractivity contribution in [2.24, 2.45) is 0 Å². The van der Waals surface area contributed by atoms with Gasteiger partial charge in [-0.25, -0.2) is 14.4 Å². The Labute approximate surface area is 138 Å². The molecule has 3 aromatic rings. The second kappa shape index (κ2) is 7.32. The Kier molecular flexibility index (Phi) is 4.76. The molecular weight excluding hydrogens is 307 g/mol. The summed E-state index contributed by atoms with van der Waals surface area (Å²) in [5, 5.41) is 5.81. The van der Waals surface area contributed by atoms with E-state index in [2.05, 4.69) is 20.6 Å². The van der Waals surface area contributed by atoms with Gasteiger partial charge in [-0.1, -0.05) is 30.3 Å². The van der Waals surface area contributed by atoms with E-state index in [1.165, 1.54) is 18.5 Å². The topological polar surface area (TPSA) is 66.9 Å². The number of hydrogen-bond donors (Lipinski definition) is 2. The van der Waals surface area contributed by atoms with Gasteiger partial charge < -0.3 is 10.6 Å². The quantitative estimate of drug-likeness (QED) is 0.756. The summed E-state index contributed by atoms with van der Waals surface area (Å²) in [6, 6.07) is 17.0. The monoisotopic (exact) mass is 322 g/mol. The van der Waals surface area contributed by atoms with Gasteiger partial charge in [0.1, 0.15) is 23.7 Å². The number of nitrogens with one attached hydrogen (secondary N) is 2. The largest absolute Gasteiger partial charge is 0.347 e. The van der Waals surface area contributed by atoms with E-state index in [1.54, 1.807) is 18.2 Å². The van der Waals surface area contributed by atoms with Crippen LogP contribution in [0, 0.1) is 5.82 Å². The molecule has 0 atom stereocenters. The average molecular weight is 322 g/mol. The Balaban J connectivity index is 1.65. The Hall–Kier alpha value is -3.28. The fourth-order valence-corrected chi connectivity index (χ4v) is 2.10. The van der Waals surface area contributed by atoms with Crippen molar-refractivity contribution in [1.29, 1.82) is 0 Å². The number of anilines is 2. The van der Waals surface area contributed by atoms with E-state index in [0.29, 0.717) is 18.1 Å². The number of carbonyl (C=O) groups is 1. The molecule has 0 aliphatic heterocycles. The molecule has 1 heterocycles. The minimum absolute atomic E-state index is 0.255. The number of aromatic nitrogens is 2. The molecule has 2 aromatic carbocycles. The summed E-state index contributed by atoms with van der Waals surface area (Å²) in [6.07, 6.45) is 1.31. The van der Waals surface area contributed by atoms with Crippen molar-refractivity contribution >= 4 is 17.4 Å². The van der Waals surface area contributed by atoms with Gasteiger partial charge in [-0.15, -0.1) is 0 Å². The maximum Gasteiger partial charge on any atom is 0.270 e. The van der Waals surface area contributed by atoms with Gasteiger partial charge in [-0.2, -0.15) is 0 Å². The Bertz CT molecular complexity index is 822. The second-order valence-corrected chi connectivity index (χ2v) is 5.09. The number of halogens is 1. The SMILES string of the molecule is O=C(NCc1ccccc1)c1cc(Nc2ccc(F)cc2)ncn1. The fraction of sp³-hybridized carbons (Fsp3) is 0.0556. The van der Waals surface area contributed by atoms with Crippen molar-refractivity contribution < 1.29 is 9.18 Å². The highest BCUT2D eigenvalue weighted by Crippen LogP contribution is 2.15. The maximum atomic E-state index is 12.9. The highest BCUT2D eigenvalue weighted by atomic mass is 19.1. The molecule has 6 heteroatoms. The molecule has 24 heavy (non-hydrogen) atoms. The van der Waals surface area contributed by atoms with Gasteiger partial charge in [0, 0.05) is 18.3 Å². The Morgan fingerprint density at radius 3 is 2.50 bits per heavy atom. The lowest BCUT2D eigenvalue weighted by Gasteiger charge is -2.08. The number of rotatable bonds is 5. The molecular formula is C18H15FN4O. The van der Waals surface area contributed by atoms with Crippen LogP contribution in [0.15, 0.2) is 67.0 Å². The van der Waals surface area contributed by atoms with E-state index in [9.17, 15) is 9.18 Å². The minimum Gasteiger partial charge on any atom is -0.347 e. The molecule has 1 amide bonds. The van der Waals surface area contributed by atoms with Crippen LogP contribution in [0.4, 0.5) is 15.9 Å². The highest BCUT2D eigenvalue weighted by Gasteiger charge is 2.08. The first-order chi connectivity index (χ1) is 11.7. The molecule has 120 valence electrons. The van der Waals surface area contributed by atoms with Crippen molar-refractivity contribution in [3.8, 4) is 0 Å². The summed E-state index contributed by atoms with van der Waals surface area (Å²) < 4.78 is 12.9. The standard InChI is InChI=1S/C18H15FN4O/c19-14-6-8-15(9-7-14)23-17-10-16(21-12-22-17)18(24)20-11-13-4-2-1-3-5-13/h1-10,12H,11H2,(H,20,24)(H,21,22,23). The minimum atomic E-state index is -0.316. The van der Waals surface area contributed by atoms with Gasteiger partial charge in [0.25, 0.3) is 5.91 Å². The van der Waals surface area contributed by atoms with Gasteiger partial charge in [0.2, 0.25) is 0 Å². The first kappa shape index (κ1) is 15.6. The van der Waals surface area contributed by atoms with E-state index in [-0.39, 0.29) is 17.4 Å². The molecule has 1 aromatic heterocycles. The summed E-state index contributed by atoms with van der Waals surface area (Å²) >= 11 is 0. The summed E-state index contributed by atoms with van der Waals surface area (Å²) in [6.45, 7) is 0.421. The number of benzene rings is 2. The molecule has 0 aliphatic rings. The lowest BCUT2D eigenvalue weighted by atomic mass is 10.2. The van der Waals surface area contributed by atoms with Crippen LogP contribution in [0.3, 0.4) is 0 Å². The van der Waals surface area contributed by atoms with Crippen molar-refractivity contribution in [2.75, 3.05) is 5.32 Å². The van der Waals surface area contributed by atoms with Gasteiger partial charge >= 0.3 is 0 Å². The van der Waals surface area contributed by atoms with Crippen LogP contribution < -0.4 is 10.6 Å². The third-order valence-electron chi connectivity index (χ3n) is 3.31. The molecule has 0 bridgehead atoms. The number of nitrogens with zero attached hydrogens (tertiary/aromatic N) is 2. The summed E-state index contributed by atoms with van der Waals surface area (Å²) in [4.78, 5) is 20.2. The predicted molar refractivity (Wildman–Crippen MR) is 89.3 cm³/mol. The van der Waals surface area contributed by atoms with Crippen LogP contribution in [0.1, 0.15) is 16.1 Å². The van der Waals surface area contributed by atoms with Crippen molar-refractivity contribution in [3.63, 3.8) is 0 Å². The van der Waals surface area contributed by atoms with E-state index >= 15 is 0 Å². The van der Waals surface area contributed by atoms with Crippen LogP contribution in [0.5, 0.6) is 0 Å². The molecule has 0 spiro atoms. The van der Waals surface area contributed by atoms with Crippen molar-refractivity contribution in [3.05, 3.63) is 84.1 Å². The van der Waals surface area contributed by atoms with Crippen LogP contribution in [0.2, 0.25) is 0 Å². The smallest absolute Gasteiger partial charge is 0.270 e. The first-order valence-electron chi connectivity index (χ1n) is 7.37. The van der Waals surface area contributed by atoms with Crippen LogP contribution >= 0.6 is 0 Å². The molecule has 2 N–H and O–H groups in total. The molecule has 0 saturated heterocycles. The Morgan fingerprint density at radius 2 is 1.75 bits per heavy atom. The fourth-order valence-electron chi connectivity index (χ4n) is 2.10. The lowest BCUT2D eigenvalue weighted by molar-refractivity contribution is 0.0946. The zero-order valence-corrected chi connectivity index (χ0v) is 12.7. The zero-order chi connectivity index (χ0) is 16.8. The lowest BCUT2D eigenvalue weighted by Crippen LogP contribution is -2.24. The van der Waals surface area contributed by atoms with Crippen molar-refractivity contribution in [2.45, 2.75) is 6.54 Å². The zero-order valence-electron chi connectivity index (χ0n) is 12.7. The molecule has 0 aliphatic carbocycles. The molecule has 0 saturated carbocycles. The van der Waals surface area contributed by atoms with E-state index in [1.807, 2.05) is 30.3 Å². The van der Waals surface area contributed by atoms with Gasteiger partial charge in [-0.05, 0) is 29.8 Å². The molecule has 0 radical (unpaired) electrons. The average Bonchev–Trinajstić information content (AvgIpc) is 2.63. The Morgan fingerprint density at radius 1 is 1.00 bits per heavy atom. The van der Waals surface area contributed by atoms with Gasteiger partial charge in [-0.3, -0.25) is 4.79 Å². The van der Waals surface area contributed by atoms with Crippen LogP contribution in [0.25, 0.3) is 0 Å². The first-order valence-corrected chi connectivity index (χ1v) is 7.37. The molecule has 0 unspecified atom stereocenters. The van der Waals surface area contributed by atoms with Crippen molar-refractivity contribution in [1.82, 2.24) is 15.3 Å². The van der Waals surface area contributed by atoms with Gasteiger partial charge in [0.15, 0.2) is 0 Å². The second-order valence-electron chi connectivity index (χ2n) is 5.09. The normalized spacial score (nSPS) is 10.2. The molecule has 0 fully saturated rings. The van der Waals surface area contributed by atoms with Crippen LogP contribution in [-0.2, 0) is 6.54 Å². The number of hydrogen-bond acceptors (Lipinski definition) is 4. The number of carbonyl (C=O) groups excluding carboxylic acids is 1. The summed E-state index contributed by atoms with van der Waals surface area (Å²) in [5.74, 6) is -0.144. The molecule has 3 rings (SSSR count). The van der Waals surface area contributed by atoms with E-state index in [0.717, 1.165) is 5.56 Å². The predicted octanol–water partition coefficient (Wildman–Crippen LogP) is 3.29. The van der Waals surface area contributed by atoms with E-state index in [4.69, 9.17) is 0 Å². The highest BCUT2D eigenvalue weighted by molar-refractivity contribution is 5.92. The third kappa shape index (κ3) is 4.13. The molecule has 5 nitrogen and oxygen atoms in total. The van der Waals surface area contributed by atoms with E-state index < -0.39 is 0 Å². The maximum absolute atomic E-state index is 12.9. The third-order valence-corrected chi connectivity index (χ3v) is 3.31. The van der Waals surface area contributed by atoms with Crippen LogP contribution in [-0.4, -0.2) is 15.9 Å².